The summed E-state index contributed by atoms with van der Waals surface area (Å²) in [7, 11) is 0. The lowest BCUT2D eigenvalue weighted by atomic mass is 10.5. The maximum atomic E-state index is 10.4. The average molecular weight is 154 g/mol. The number of rotatable bonds is 3. The first kappa shape index (κ1) is 9.24. The number of carbonyl (C=O) groups excluding carboxylic acids is 1. The summed E-state index contributed by atoms with van der Waals surface area (Å²) in [5.41, 5.74) is 0. The van der Waals surface area contributed by atoms with E-state index in [2.05, 4.69) is 10.7 Å². The molecule has 0 spiro atoms. The Balaban J connectivity index is 3.71. The van der Waals surface area contributed by atoms with Crippen LogP contribution in [0, 0.1) is 12.3 Å². The molecule has 0 aromatic carbocycles. The van der Waals surface area contributed by atoms with Crippen LogP contribution in [0.5, 0.6) is 0 Å². The molecule has 0 unspecified atom stereocenters. The molecule has 0 saturated carbocycles. The molecule has 0 rings (SSSR count). The van der Waals surface area contributed by atoms with Gasteiger partial charge in [-0.2, -0.15) is 0 Å². The average Bonchev–Trinajstić information content (AvgIpc) is 1.97. The summed E-state index contributed by atoms with van der Waals surface area (Å²) in [5.74, 6) is 0.0971. The molecule has 0 radical (unpaired) electrons. The molecule has 1 N–H and O–H groups in total. The third-order valence-electron chi connectivity index (χ3n) is 0.660. The number of carboxylic acid groups (broad SMARTS) is 1. The highest BCUT2D eigenvalue weighted by molar-refractivity contribution is 5.90. The van der Waals surface area contributed by atoms with Crippen molar-refractivity contribution in [3.63, 3.8) is 0 Å². The van der Waals surface area contributed by atoms with Gasteiger partial charge < -0.3 is 9.84 Å². The molecular formula is C7H6O4. The predicted molar refractivity (Wildman–Crippen MR) is 36.6 cm³/mol. The Hall–Kier alpha value is -1.76. The Morgan fingerprint density at radius 3 is 2.64 bits per heavy atom. The van der Waals surface area contributed by atoms with Crippen LogP contribution in [0.15, 0.2) is 12.2 Å². The van der Waals surface area contributed by atoms with E-state index >= 15 is 0 Å². The highest BCUT2D eigenvalue weighted by atomic mass is 16.5. The lowest BCUT2D eigenvalue weighted by Gasteiger charge is -1.91. The Bertz CT molecular complexity index is 221. The molecule has 0 bridgehead atoms. The van der Waals surface area contributed by atoms with Crippen LogP contribution in [0.25, 0.3) is 0 Å². The fraction of sp³-hybridized carbons (Fsp3) is 0.143. The Kier molecular flexibility index (Phi) is 4.25. The van der Waals surface area contributed by atoms with E-state index in [1.807, 2.05) is 0 Å². The highest BCUT2D eigenvalue weighted by Gasteiger charge is 1.94. The van der Waals surface area contributed by atoms with Crippen molar-refractivity contribution < 1.29 is 19.4 Å². The minimum absolute atomic E-state index is 0.150. The molecule has 0 aliphatic heterocycles. The second-order valence-electron chi connectivity index (χ2n) is 1.48. The van der Waals surface area contributed by atoms with Gasteiger partial charge in [-0.25, -0.2) is 9.59 Å². The van der Waals surface area contributed by atoms with Crippen molar-refractivity contribution in [1.82, 2.24) is 0 Å². The first-order chi connectivity index (χ1) is 5.16. The van der Waals surface area contributed by atoms with Crippen molar-refractivity contribution in [1.29, 1.82) is 0 Å². The maximum absolute atomic E-state index is 10.4. The van der Waals surface area contributed by atoms with E-state index < -0.39 is 11.9 Å². The minimum Gasteiger partial charge on any atom is -0.478 e. The van der Waals surface area contributed by atoms with Crippen LogP contribution in [0.1, 0.15) is 0 Å². The van der Waals surface area contributed by atoms with Crippen molar-refractivity contribution in [2.45, 2.75) is 0 Å². The fourth-order valence-electron chi connectivity index (χ4n) is 0.300. The lowest BCUT2D eigenvalue weighted by molar-refractivity contribution is -0.137. The van der Waals surface area contributed by atoms with Crippen LogP contribution in [-0.2, 0) is 14.3 Å². The first-order valence-electron chi connectivity index (χ1n) is 2.68. The summed E-state index contributed by atoms with van der Waals surface area (Å²) in [6.07, 6.45) is 6.24. The molecular weight excluding hydrogens is 148 g/mol. The van der Waals surface area contributed by atoms with Gasteiger partial charge in [0.25, 0.3) is 0 Å². The monoisotopic (exact) mass is 154 g/mol. The molecule has 0 atom stereocenters. The molecule has 4 nitrogen and oxygen atoms in total. The van der Waals surface area contributed by atoms with Gasteiger partial charge in [0.05, 0.1) is 0 Å². The molecule has 0 aliphatic rings. The number of ether oxygens (including phenoxy) is 1. The van der Waals surface area contributed by atoms with Crippen molar-refractivity contribution in [2.24, 2.45) is 0 Å². The zero-order valence-electron chi connectivity index (χ0n) is 5.61. The van der Waals surface area contributed by atoms with E-state index in [4.69, 9.17) is 11.5 Å². The summed E-state index contributed by atoms with van der Waals surface area (Å²) in [6, 6.07) is 0. The van der Waals surface area contributed by atoms with E-state index in [1.165, 1.54) is 0 Å². The van der Waals surface area contributed by atoms with Gasteiger partial charge in [-0.05, 0) is 0 Å². The molecule has 0 fully saturated rings. The van der Waals surface area contributed by atoms with Gasteiger partial charge in [-0.15, -0.1) is 6.42 Å². The zero-order valence-corrected chi connectivity index (χ0v) is 5.61. The minimum atomic E-state index is -1.21. The number of carbonyl (C=O) groups is 2. The standard InChI is InChI=1S/C7H6O4/c1-2-5-11-7(10)4-3-6(8)9/h1,3-4H,5H2,(H,8,9). The maximum Gasteiger partial charge on any atom is 0.331 e. The van der Waals surface area contributed by atoms with Gasteiger partial charge in [0.2, 0.25) is 0 Å². The van der Waals surface area contributed by atoms with Crippen molar-refractivity contribution in [2.75, 3.05) is 6.61 Å². The summed E-state index contributed by atoms with van der Waals surface area (Å²) >= 11 is 0. The second-order valence-corrected chi connectivity index (χ2v) is 1.48. The summed E-state index contributed by atoms with van der Waals surface area (Å²) in [4.78, 5) is 20.3. The highest BCUT2D eigenvalue weighted by Crippen LogP contribution is 1.80. The van der Waals surface area contributed by atoms with E-state index in [-0.39, 0.29) is 6.61 Å². The van der Waals surface area contributed by atoms with Gasteiger partial charge >= 0.3 is 11.9 Å². The molecule has 0 aromatic rings. The molecule has 58 valence electrons. The zero-order chi connectivity index (χ0) is 8.69. The Labute approximate surface area is 63.5 Å². The van der Waals surface area contributed by atoms with Crippen LogP contribution < -0.4 is 0 Å². The van der Waals surface area contributed by atoms with E-state index in [1.54, 1.807) is 0 Å². The van der Waals surface area contributed by atoms with Crippen molar-refractivity contribution in [3.8, 4) is 12.3 Å². The summed E-state index contributed by atoms with van der Waals surface area (Å²) in [5, 5.41) is 8.05. The molecule has 0 aromatic heterocycles. The number of carboxylic acids is 1. The van der Waals surface area contributed by atoms with Crippen LogP contribution in [-0.4, -0.2) is 23.7 Å². The molecule has 4 heteroatoms. The largest absolute Gasteiger partial charge is 0.478 e. The van der Waals surface area contributed by atoms with Gasteiger partial charge in [-0.3, -0.25) is 0 Å². The molecule has 0 saturated heterocycles. The fourth-order valence-corrected chi connectivity index (χ4v) is 0.300. The molecule has 0 heterocycles. The predicted octanol–water partition coefficient (Wildman–Crippen LogP) is -0.196. The van der Waals surface area contributed by atoms with Crippen LogP contribution in [0.4, 0.5) is 0 Å². The van der Waals surface area contributed by atoms with Gasteiger partial charge in [0.15, 0.2) is 6.61 Å². The van der Waals surface area contributed by atoms with E-state index in [0.717, 1.165) is 6.08 Å². The summed E-state index contributed by atoms with van der Waals surface area (Å²) < 4.78 is 4.32. The normalized spacial score (nSPS) is 9.00. The van der Waals surface area contributed by atoms with Gasteiger partial charge in [0, 0.05) is 12.2 Å². The number of hydrogen-bond acceptors (Lipinski definition) is 3. The van der Waals surface area contributed by atoms with Gasteiger partial charge in [0.1, 0.15) is 0 Å². The number of terminal acetylenes is 1. The Morgan fingerprint density at radius 2 is 2.18 bits per heavy atom. The molecule has 0 aliphatic carbocycles. The molecule has 0 amide bonds. The number of esters is 1. The van der Waals surface area contributed by atoms with Crippen molar-refractivity contribution in [3.05, 3.63) is 12.2 Å². The smallest absolute Gasteiger partial charge is 0.331 e. The number of aliphatic carboxylic acids is 1. The lowest BCUT2D eigenvalue weighted by Crippen LogP contribution is -2.01. The van der Waals surface area contributed by atoms with Gasteiger partial charge in [-0.1, -0.05) is 5.92 Å². The third-order valence-corrected chi connectivity index (χ3v) is 0.660. The second kappa shape index (κ2) is 5.06. The SMILES string of the molecule is C#CCOC(=O)C=CC(=O)O. The molecule has 11 heavy (non-hydrogen) atoms. The van der Waals surface area contributed by atoms with Crippen LogP contribution in [0.3, 0.4) is 0 Å². The third kappa shape index (κ3) is 6.12. The number of hydrogen-bond donors (Lipinski definition) is 1. The van der Waals surface area contributed by atoms with Crippen molar-refractivity contribution >= 4 is 11.9 Å². The quantitative estimate of drug-likeness (QED) is 0.347. The van der Waals surface area contributed by atoms with E-state index in [9.17, 15) is 9.59 Å². The van der Waals surface area contributed by atoms with E-state index in [0.29, 0.717) is 6.08 Å². The summed E-state index contributed by atoms with van der Waals surface area (Å²) in [6.45, 7) is -0.150. The van der Waals surface area contributed by atoms with Crippen LogP contribution in [0.2, 0.25) is 0 Å². The Morgan fingerprint density at radius 1 is 1.55 bits per heavy atom. The van der Waals surface area contributed by atoms with Crippen LogP contribution >= 0.6 is 0 Å². The first-order valence-corrected chi connectivity index (χ1v) is 2.68. The topological polar surface area (TPSA) is 63.6 Å².